The van der Waals surface area contributed by atoms with Crippen LogP contribution in [0.5, 0.6) is 5.75 Å². The van der Waals surface area contributed by atoms with Gasteiger partial charge in [0.05, 0.1) is 11.3 Å². The molecule has 0 bridgehead atoms. The lowest BCUT2D eigenvalue weighted by molar-refractivity contribution is 0.147. The first-order valence-corrected chi connectivity index (χ1v) is 5.20. The van der Waals surface area contributed by atoms with Crippen LogP contribution in [0.4, 0.5) is 8.78 Å². The highest BCUT2D eigenvalue weighted by molar-refractivity contribution is 9.10. The Morgan fingerprint density at radius 1 is 1.54 bits per heavy atom. The van der Waals surface area contributed by atoms with Gasteiger partial charge in [0, 0.05) is 5.33 Å². The molecule has 72 valence electrons. The molecule has 0 unspecified atom stereocenters. The van der Waals surface area contributed by atoms with Gasteiger partial charge < -0.3 is 5.11 Å². The van der Waals surface area contributed by atoms with Gasteiger partial charge in [-0.1, -0.05) is 15.9 Å². The Labute approximate surface area is 90.2 Å². The van der Waals surface area contributed by atoms with Crippen LogP contribution in [0.15, 0.2) is 10.7 Å². The molecule has 1 aromatic rings. The summed E-state index contributed by atoms with van der Waals surface area (Å²) >= 11 is 5.98. The predicted molar refractivity (Wildman–Crippen MR) is 51.2 cm³/mol. The molecule has 6 heteroatoms. The molecule has 2 nitrogen and oxygen atoms in total. The number of nitrogens with zero attached hydrogens (tertiary/aromatic N) is 1. The van der Waals surface area contributed by atoms with Crippen LogP contribution in [-0.4, -0.2) is 10.1 Å². The van der Waals surface area contributed by atoms with E-state index in [-0.39, 0.29) is 4.60 Å². The van der Waals surface area contributed by atoms with Crippen molar-refractivity contribution in [2.24, 2.45) is 0 Å². The lowest BCUT2D eigenvalue weighted by atomic mass is 10.2. The van der Waals surface area contributed by atoms with Crippen LogP contribution in [0, 0.1) is 0 Å². The Morgan fingerprint density at radius 3 is 2.62 bits per heavy atom. The van der Waals surface area contributed by atoms with Crippen molar-refractivity contribution in [3.8, 4) is 5.75 Å². The highest BCUT2D eigenvalue weighted by atomic mass is 79.9. The third-order valence-electron chi connectivity index (χ3n) is 1.40. The molecule has 1 aromatic heterocycles. The zero-order valence-corrected chi connectivity index (χ0v) is 9.44. The number of rotatable bonds is 2. The smallest absolute Gasteiger partial charge is 0.267 e. The molecular weight excluding hydrogens is 312 g/mol. The van der Waals surface area contributed by atoms with Gasteiger partial charge in [-0.05, 0) is 22.0 Å². The minimum Gasteiger partial charge on any atom is -0.505 e. The van der Waals surface area contributed by atoms with Gasteiger partial charge in [0.15, 0.2) is 5.75 Å². The van der Waals surface area contributed by atoms with Crippen molar-refractivity contribution in [2.45, 2.75) is 11.8 Å². The molecule has 1 N–H and O–H groups in total. The monoisotopic (exact) mass is 315 g/mol. The van der Waals surface area contributed by atoms with Crippen LogP contribution in [0.1, 0.15) is 17.7 Å². The summed E-state index contributed by atoms with van der Waals surface area (Å²) in [5, 5.41) is 9.55. The van der Waals surface area contributed by atoms with E-state index in [4.69, 9.17) is 0 Å². The standard InChI is InChI=1S/C7H5Br2F2NO/c8-2-3-1-4(7(10)11)5(13)6(9)12-3/h1,7,13H,2H2. The average Bonchev–Trinajstić information content (AvgIpc) is 2.09. The van der Waals surface area contributed by atoms with Crippen molar-refractivity contribution in [3.63, 3.8) is 0 Å². The number of alkyl halides is 3. The quantitative estimate of drug-likeness (QED) is 0.670. The Balaban J connectivity index is 3.25. The molecule has 0 aromatic carbocycles. The van der Waals surface area contributed by atoms with Crippen LogP contribution in [0.25, 0.3) is 0 Å². The van der Waals surface area contributed by atoms with E-state index >= 15 is 0 Å². The second-order valence-electron chi connectivity index (χ2n) is 2.28. The molecule has 0 aliphatic heterocycles. The van der Waals surface area contributed by atoms with Crippen LogP contribution < -0.4 is 0 Å². The van der Waals surface area contributed by atoms with Crippen molar-refractivity contribution >= 4 is 31.9 Å². The maximum Gasteiger partial charge on any atom is 0.267 e. The van der Waals surface area contributed by atoms with Gasteiger partial charge in [0.1, 0.15) is 4.60 Å². The summed E-state index contributed by atoms with van der Waals surface area (Å²) in [6, 6.07) is 1.17. The predicted octanol–water partition coefficient (Wildman–Crippen LogP) is 3.38. The summed E-state index contributed by atoms with van der Waals surface area (Å²) in [7, 11) is 0. The second kappa shape index (κ2) is 4.32. The van der Waals surface area contributed by atoms with Crippen molar-refractivity contribution in [1.82, 2.24) is 4.98 Å². The van der Waals surface area contributed by atoms with Crippen molar-refractivity contribution in [3.05, 3.63) is 21.9 Å². The van der Waals surface area contributed by atoms with Crippen LogP contribution in [0.3, 0.4) is 0 Å². The van der Waals surface area contributed by atoms with Crippen molar-refractivity contribution in [1.29, 1.82) is 0 Å². The fraction of sp³-hybridized carbons (Fsp3) is 0.286. The molecule has 0 spiro atoms. The molecule has 0 saturated heterocycles. The van der Waals surface area contributed by atoms with Gasteiger partial charge in [-0.15, -0.1) is 0 Å². The lowest BCUT2D eigenvalue weighted by Crippen LogP contribution is -1.93. The summed E-state index contributed by atoms with van der Waals surface area (Å²) < 4.78 is 24.6. The average molecular weight is 317 g/mol. The first kappa shape index (κ1) is 10.8. The highest BCUT2D eigenvalue weighted by Crippen LogP contribution is 2.33. The van der Waals surface area contributed by atoms with E-state index in [0.717, 1.165) is 0 Å². The Morgan fingerprint density at radius 2 is 2.15 bits per heavy atom. The minimum atomic E-state index is -2.70. The molecule has 0 aliphatic rings. The van der Waals surface area contributed by atoms with Gasteiger partial charge >= 0.3 is 0 Å². The maximum atomic E-state index is 12.3. The molecule has 0 atom stereocenters. The number of aromatic hydroxyl groups is 1. The maximum absolute atomic E-state index is 12.3. The van der Waals surface area contributed by atoms with Gasteiger partial charge in [-0.2, -0.15) is 0 Å². The van der Waals surface area contributed by atoms with E-state index in [1.807, 2.05) is 0 Å². The van der Waals surface area contributed by atoms with Crippen LogP contribution >= 0.6 is 31.9 Å². The first-order chi connectivity index (χ1) is 6.06. The fourth-order valence-corrected chi connectivity index (χ4v) is 1.56. The van der Waals surface area contributed by atoms with Crippen LogP contribution in [0.2, 0.25) is 0 Å². The van der Waals surface area contributed by atoms with Gasteiger partial charge in [-0.25, -0.2) is 13.8 Å². The van der Waals surface area contributed by atoms with Crippen molar-refractivity contribution in [2.75, 3.05) is 0 Å². The van der Waals surface area contributed by atoms with Gasteiger partial charge in [-0.3, -0.25) is 0 Å². The first-order valence-electron chi connectivity index (χ1n) is 3.28. The molecule has 0 saturated carbocycles. The molecular formula is C7H5Br2F2NO. The van der Waals surface area contributed by atoms with E-state index < -0.39 is 17.7 Å². The summed E-state index contributed by atoms with van der Waals surface area (Å²) in [6.07, 6.45) is -2.70. The third kappa shape index (κ3) is 2.37. The molecule has 0 amide bonds. The second-order valence-corrected chi connectivity index (χ2v) is 3.59. The van der Waals surface area contributed by atoms with Crippen molar-refractivity contribution < 1.29 is 13.9 Å². The van der Waals surface area contributed by atoms with E-state index in [2.05, 4.69) is 36.8 Å². The third-order valence-corrected chi connectivity index (χ3v) is 2.53. The highest BCUT2D eigenvalue weighted by Gasteiger charge is 2.17. The topological polar surface area (TPSA) is 33.1 Å². The summed E-state index contributed by atoms with van der Waals surface area (Å²) in [4.78, 5) is 3.82. The normalized spacial score (nSPS) is 10.8. The number of hydrogen-bond acceptors (Lipinski definition) is 2. The zero-order chi connectivity index (χ0) is 10.0. The molecule has 1 heterocycles. The summed E-state index contributed by atoms with van der Waals surface area (Å²) in [5.74, 6) is -0.500. The molecule has 0 aliphatic carbocycles. The summed E-state index contributed by atoms with van der Waals surface area (Å²) in [6.45, 7) is 0. The zero-order valence-electron chi connectivity index (χ0n) is 6.27. The molecule has 0 radical (unpaired) electrons. The SMILES string of the molecule is Oc1c(C(F)F)cc(CBr)nc1Br. The molecule has 0 fully saturated rings. The number of pyridine rings is 1. The Bertz CT molecular complexity index is 320. The largest absolute Gasteiger partial charge is 0.505 e. The van der Waals surface area contributed by atoms with E-state index in [1.54, 1.807) is 0 Å². The van der Waals surface area contributed by atoms with E-state index in [1.165, 1.54) is 6.07 Å². The van der Waals surface area contributed by atoms with Gasteiger partial charge in [0.2, 0.25) is 0 Å². The van der Waals surface area contributed by atoms with Crippen LogP contribution in [-0.2, 0) is 5.33 Å². The Hall–Kier alpha value is -0.230. The Kier molecular flexibility index (Phi) is 3.61. The molecule has 1 rings (SSSR count). The van der Waals surface area contributed by atoms with Gasteiger partial charge in [0.25, 0.3) is 6.43 Å². The minimum absolute atomic E-state index is 0.0414. The fourth-order valence-electron chi connectivity index (χ4n) is 0.813. The van der Waals surface area contributed by atoms with E-state index in [0.29, 0.717) is 11.0 Å². The van der Waals surface area contributed by atoms with E-state index in [9.17, 15) is 13.9 Å². The lowest BCUT2D eigenvalue weighted by Gasteiger charge is -2.06. The number of hydrogen-bond donors (Lipinski definition) is 1. The molecule has 13 heavy (non-hydrogen) atoms. The number of halogens is 4. The number of aromatic nitrogens is 1. The summed E-state index contributed by atoms with van der Waals surface area (Å²) in [5.41, 5.74) is 0.0382.